The van der Waals surface area contributed by atoms with E-state index in [1.54, 1.807) is 6.92 Å². The van der Waals surface area contributed by atoms with Crippen LogP contribution in [0.15, 0.2) is 0 Å². The molecule has 1 radical (unpaired) electrons. The van der Waals surface area contributed by atoms with E-state index in [1.165, 1.54) is 0 Å². The number of rotatable bonds is 2. The summed E-state index contributed by atoms with van der Waals surface area (Å²) in [5, 5.41) is 9.04. The normalized spacial score (nSPS) is 40.0. The van der Waals surface area contributed by atoms with Crippen LogP contribution in [0.4, 0.5) is 0 Å². The molecule has 1 aliphatic heterocycles. The summed E-state index contributed by atoms with van der Waals surface area (Å²) in [6, 6.07) is 0. The number of epoxide rings is 1. The molecule has 0 unspecified atom stereocenters. The van der Waals surface area contributed by atoms with Gasteiger partial charge in [-0.2, -0.15) is 0 Å². The molecule has 2 nitrogen and oxygen atoms in total. The van der Waals surface area contributed by atoms with Crippen LogP contribution in [0.2, 0.25) is 0 Å². The maximum atomic E-state index is 9.04. The second kappa shape index (κ2) is 2.27. The van der Waals surface area contributed by atoms with Crippen molar-refractivity contribution in [3.63, 3.8) is 0 Å². The zero-order chi connectivity index (χ0) is 7.02. The van der Waals surface area contributed by atoms with Crippen LogP contribution < -0.4 is 0 Å². The van der Waals surface area contributed by atoms with Crippen LogP contribution in [0.3, 0.4) is 0 Å². The van der Waals surface area contributed by atoms with E-state index in [4.69, 9.17) is 9.84 Å². The van der Waals surface area contributed by atoms with E-state index in [0.717, 1.165) is 0 Å². The van der Waals surface area contributed by atoms with Crippen molar-refractivity contribution < 1.29 is 9.84 Å². The third kappa shape index (κ3) is 1.43. The molecule has 1 rings (SSSR count). The fourth-order valence-corrected chi connectivity index (χ4v) is 0.893. The van der Waals surface area contributed by atoms with Crippen molar-refractivity contribution in [2.75, 3.05) is 0 Å². The molecule has 4 atom stereocenters. The van der Waals surface area contributed by atoms with Gasteiger partial charge in [-0.25, -0.2) is 0 Å². The highest BCUT2D eigenvalue weighted by Crippen LogP contribution is 2.30. The Morgan fingerprint density at radius 1 is 1.56 bits per heavy atom. The molecule has 1 aliphatic rings. The average Bonchev–Trinajstić information content (AvgIpc) is 2.44. The minimum atomic E-state index is -0.276. The van der Waals surface area contributed by atoms with Gasteiger partial charge in [0.25, 0.3) is 0 Å². The van der Waals surface area contributed by atoms with Crippen LogP contribution >= 0.6 is 0 Å². The Hall–Kier alpha value is -0.0800. The van der Waals surface area contributed by atoms with Gasteiger partial charge in [-0.1, -0.05) is 6.92 Å². The number of aliphatic hydroxyl groups is 1. The number of aliphatic hydroxyl groups excluding tert-OH is 1. The molecule has 2 heteroatoms. The quantitative estimate of drug-likeness (QED) is 0.554. The number of hydrogen-bond acceptors (Lipinski definition) is 2. The highest BCUT2D eigenvalue weighted by molar-refractivity contribution is 4.91. The molecule has 0 aromatic carbocycles. The van der Waals surface area contributed by atoms with Crippen molar-refractivity contribution in [3.8, 4) is 0 Å². The first-order chi connectivity index (χ1) is 4.13. The average molecular weight is 129 g/mol. The molecule has 0 amide bonds. The third-order valence-corrected chi connectivity index (χ3v) is 1.90. The third-order valence-electron chi connectivity index (χ3n) is 1.90. The summed E-state index contributed by atoms with van der Waals surface area (Å²) >= 11 is 0. The summed E-state index contributed by atoms with van der Waals surface area (Å²) in [7, 11) is 0. The van der Waals surface area contributed by atoms with Gasteiger partial charge in [-0.05, 0) is 13.8 Å². The summed E-state index contributed by atoms with van der Waals surface area (Å²) in [6.07, 6.45) is 0.0429. The fourth-order valence-electron chi connectivity index (χ4n) is 0.893. The molecule has 1 N–H and O–H groups in total. The Kier molecular flexibility index (Phi) is 1.78. The molecular weight excluding hydrogens is 116 g/mol. The van der Waals surface area contributed by atoms with Crippen LogP contribution in [0, 0.1) is 12.8 Å². The molecular formula is C7H13O2. The van der Waals surface area contributed by atoms with Crippen LogP contribution in [0.5, 0.6) is 0 Å². The van der Waals surface area contributed by atoms with Gasteiger partial charge in [0, 0.05) is 5.92 Å². The first-order valence-electron chi connectivity index (χ1n) is 3.29. The van der Waals surface area contributed by atoms with Crippen molar-refractivity contribution in [2.45, 2.75) is 32.2 Å². The predicted octanol–water partition coefficient (Wildman–Crippen LogP) is 0.605. The Balaban J connectivity index is 2.27. The maximum Gasteiger partial charge on any atom is 0.0891 e. The van der Waals surface area contributed by atoms with Gasteiger partial charge in [0.05, 0.1) is 18.3 Å². The van der Waals surface area contributed by atoms with E-state index in [0.29, 0.717) is 0 Å². The number of ether oxygens (including phenoxy) is 1. The van der Waals surface area contributed by atoms with Gasteiger partial charge in [0.15, 0.2) is 0 Å². The first-order valence-corrected chi connectivity index (χ1v) is 3.29. The topological polar surface area (TPSA) is 32.8 Å². The van der Waals surface area contributed by atoms with Gasteiger partial charge in [0.1, 0.15) is 0 Å². The molecule has 0 aliphatic carbocycles. The highest BCUT2D eigenvalue weighted by atomic mass is 16.6. The van der Waals surface area contributed by atoms with Crippen molar-refractivity contribution in [3.05, 3.63) is 6.92 Å². The zero-order valence-electron chi connectivity index (χ0n) is 5.87. The summed E-state index contributed by atoms with van der Waals surface area (Å²) in [5.41, 5.74) is 0. The lowest BCUT2D eigenvalue weighted by Gasteiger charge is -2.10. The smallest absolute Gasteiger partial charge is 0.0891 e. The SMILES string of the molecule is [CH2][C@@H]1O[C@H]1[C@@H](C)[C@H](C)O. The van der Waals surface area contributed by atoms with Gasteiger partial charge in [0.2, 0.25) is 0 Å². The molecule has 1 fully saturated rings. The van der Waals surface area contributed by atoms with E-state index < -0.39 is 0 Å². The van der Waals surface area contributed by atoms with Crippen molar-refractivity contribution in [2.24, 2.45) is 5.92 Å². The summed E-state index contributed by atoms with van der Waals surface area (Å²) in [5.74, 6) is 0.229. The molecule has 1 saturated heterocycles. The van der Waals surface area contributed by atoms with E-state index in [-0.39, 0.29) is 24.2 Å². The van der Waals surface area contributed by atoms with Crippen molar-refractivity contribution >= 4 is 0 Å². The zero-order valence-corrected chi connectivity index (χ0v) is 5.87. The standard InChI is InChI=1S/C7H13O2/c1-4(5(2)8)7-6(3)9-7/h4-8H,3H2,1-2H3/t4-,5-,6-,7-/m0/s1. The molecule has 0 bridgehead atoms. The van der Waals surface area contributed by atoms with Crippen LogP contribution in [0.25, 0.3) is 0 Å². The minimum Gasteiger partial charge on any atom is -0.393 e. The van der Waals surface area contributed by atoms with Crippen molar-refractivity contribution in [1.29, 1.82) is 0 Å². The second-order valence-corrected chi connectivity index (χ2v) is 2.74. The highest BCUT2D eigenvalue weighted by Gasteiger charge is 2.40. The van der Waals surface area contributed by atoms with E-state index in [1.807, 2.05) is 6.92 Å². The summed E-state index contributed by atoms with van der Waals surface area (Å²) < 4.78 is 5.07. The molecule has 1 heterocycles. The van der Waals surface area contributed by atoms with Crippen LogP contribution in [-0.2, 0) is 4.74 Å². The van der Waals surface area contributed by atoms with Gasteiger partial charge >= 0.3 is 0 Å². The maximum absolute atomic E-state index is 9.04. The lowest BCUT2D eigenvalue weighted by molar-refractivity contribution is 0.115. The fraction of sp³-hybridized carbons (Fsp3) is 0.857. The lowest BCUT2D eigenvalue weighted by atomic mass is 10.0. The summed E-state index contributed by atoms with van der Waals surface area (Å²) in [6.45, 7) is 7.45. The van der Waals surface area contributed by atoms with Gasteiger partial charge in [-0.15, -0.1) is 0 Å². The van der Waals surface area contributed by atoms with E-state index >= 15 is 0 Å². The number of hydrogen-bond donors (Lipinski definition) is 1. The first kappa shape index (κ1) is 7.03. The van der Waals surface area contributed by atoms with Gasteiger partial charge < -0.3 is 9.84 Å². The molecule has 0 aromatic heterocycles. The minimum absolute atomic E-state index is 0.120. The Morgan fingerprint density at radius 3 is 2.11 bits per heavy atom. The van der Waals surface area contributed by atoms with Crippen molar-refractivity contribution in [1.82, 2.24) is 0 Å². The molecule has 9 heavy (non-hydrogen) atoms. The molecule has 53 valence electrons. The largest absolute Gasteiger partial charge is 0.393 e. The van der Waals surface area contributed by atoms with Gasteiger partial charge in [-0.3, -0.25) is 0 Å². The second-order valence-electron chi connectivity index (χ2n) is 2.74. The Morgan fingerprint density at radius 2 is 2.00 bits per heavy atom. The lowest BCUT2D eigenvalue weighted by Crippen LogP contribution is -2.19. The monoisotopic (exact) mass is 129 g/mol. The molecule has 0 saturated carbocycles. The summed E-state index contributed by atoms with van der Waals surface area (Å²) in [4.78, 5) is 0. The molecule has 0 spiro atoms. The van der Waals surface area contributed by atoms with Crippen LogP contribution in [-0.4, -0.2) is 23.4 Å². The van der Waals surface area contributed by atoms with Crippen LogP contribution in [0.1, 0.15) is 13.8 Å². The predicted molar refractivity (Wildman–Crippen MR) is 34.9 cm³/mol. The molecule has 0 aromatic rings. The Labute approximate surface area is 55.8 Å². The van der Waals surface area contributed by atoms with E-state index in [2.05, 4.69) is 6.92 Å². The van der Waals surface area contributed by atoms with E-state index in [9.17, 15) is 0 Å². The Bertz CT molecular complexity index is 101.